The number of ether oxygens (including phenoxy) is 1. The number of aromatic nitrogens is 2. The number of nitrogens with zero attached hydrogens (tertiary/aromatic N) is 2. The SMILES string of the molecule is Cc1c(N)nc(C2CC2)nc1NC1(C)CCCOC1. The maximum absolute atomic E-state index is 6.01. The Morgan fingerprint density at radius 3 is 2.79 bits per heavy atom. The third kappa shape index (κ3) is 2.66. The van der Waals surface area contributed by atoms with Crippen LogP contribution < -0.4 is 11.1 Å². The van der Waals surface area contributed by atoms with Crippen molar-refractivity contribution in [3.63, 3.8) is 0 Å². The van der Waals surface area contributed by atoms with Crippen molar-refractivity contribution < 1.29 is 4.74 Å². The van der Waals surface area contributed by atoms with Crippen LogP contribution in [0, 0.1) is 6.92 Å². The van der Waals surface area contributed by atoms with Crippen LogP contribution in [0.15, 0.2) is 0 Å². The number of nitrogen functional groups attached to an aromatic ring is 1. The van der Waals surface area contributed by atoms with E-state index in [2.05, 4.69) is 22.2 Å². The Morgan fingerprint density at radius 1 is 1.37 bits per heavy atom. The van der Waals surface area contributed by atoms with E-state index in [1.807, 2.05) is 6.92 Å². The molecule has 2 fully saturated rings. The molecular weight excluding hydrogens is 240 g/mol. The summed E-state index contributed by atoms with van der Waals surface area (Å²) in [4.78, 5) is 9.08. The number of hydrogen-bond acceptors (Lipinski definition) is 5. The smallest absolute Gasteiger partial charge is 0.136 e. The topological polar surface area (TPSA) is 73.1 Å². The summed E-state index contributed by atoms with van der Waals surface area (Å²) in [6.07, 6.45) is 4.54. The van der Waals surface area contributed by atoms with E-state index in [-0.39, 0.29) is 5.54 Å². The maximum Gasteiger partial charge on any atom is 0.136 e. The summed E-state index contributed by atoms with van der Waals surface area (Å²) in [5.74, 6) is 2.88. The summed E-state index contributed by atoms with van der Waals surface area (Å²) < 4.78 is 5.58. The molecule has 19 heavy (non-hydrogen) atoms. The van der Waals surface area contributed by atoms with Crippen molar-refractivity contribution in [2.45, 2.75) is 51.0 Å². The second kappa shape index (κ2) is 4.63. The van der Waals surface area contributed by atoms with E-state index in [0.717, 1.165) is 43.3 Å². The molecule has 1 aliphatic heterocycles. The average molecular weight is 262 g/mol. The highest BCUT2D eigenvalue weighted by molar-refractivity contribution is 5.56. The quantitative estimate of drug-likeness (QED) is 0.874. The van der Waals surface area contributed by atoms with Gasteiger partial charge in [0.05, 0.1) is 12.1 Å². The molecule has 0 spiro atoms. The molecule has 0 bridgehead atoms. The molecule has 0 amide bonds. The van der Waals surface area contributed by atoms with Crippen molar-refractivity contribution in [3.05, 3.63) is 11.4 Å². The van der Waals surface area contributed by atoms with Crippen molar-refractivity contribution in [2.24, 2.45) is 0 Å². The second-order valence-corrected chi connectivity index (χ2v) is 6.06. The highest BCUT2D eigenvalue weighted by Gasteiger charge is 2.31. The van der Waals surface area contributed by atoms with Crippen molar-refractivity contribution in [1.29, 1.82) is 0 Å². The number of nitrogens with two attached hydrogens (primary N) is 1. The van der Waals surface area contributed by atoms with E-state index < -0.39 is 0 Å². The summed E-state index contributed by atoms with van der Waals surface area (Å²) in [5, 5.41) is 3.53. The van der Waals surface area contributed by atoms with E-state index in [0.29, 0.717) is 11.7 Å². The van der Waals surface area contributed by atoms with Gasteiger partial charge in [0.2, 0.25) is 0 Å². The maximum atomic E-state index is 6.01. The standard InChI is InChI=1S/C14H22N4O/c1-9-11(15)16-13(10-4-5-10)17-12(9)18-14(2)6-3-7-19-8-14/h10H,3-8H2,1-2H3,(H3,15,16,17,18). The molecule has 0 radical (unpaired) electrons. The Labute approximate surface area is 114 Å². The van der Waals surface area contributed by atoms with Gasteiger partial charge in [-0.1, -0.05) is 0 Å². The van der Waals surface area contributed by atoms with Gasteiger partial charge in [0.25, 0.3) is 0 Å². The average Bonchev–Trinajstić information content (AvgIpc) is 3.19. The number of nitrogens with one attached hydrogen (secondary N) is 1. The summed E-state index contributed by atoms with van der Waals surface area (Å²) >= 11 is 0. The number of hydrogen-bond donors (Lipinski definition) is 2. The molecule has 1 aromatic rings. The van der Waals surface area contributed by atoms with Crippen molar-refractivity contribution in [2.75, 3.05) is 24.3 Å². The first-order valence-electron chi connectivity index (χ1n) is 7.07. The minimum atomic E-state index is -0.0510. The molecule has 1 aliphatic carbocycles. The van der Waals surface area contributed by atoms with E-state index in [9.17, 15) is 0 Å². The monoisotopic (exact) mass is 262 g/mol. The van der Waals surface area contributed by atoms with Gasteiger partial charge in [-0.3, -0.25) is 0 Å². The zero-order valence-corrected chi connectivity index (χ0v) is 11.7. The van der Waals surface area contributed by atoms with Gasteiger partial charge in [-0.25, -0.2) is 9.97 Å². The largest absolute Gasteiger partial charge is 0.383 e. The molecule has 5 nitrogen and oxygen atoms in total. The molecule has 5 heteroatoms. The van der Waals surface area contributed by atoms with Gasteiger partial charge in [-0.15, -0.1) is 0 Å². The van der Waals surface area contributed by atoms with Gasteiger partial charge in [0.15, 0.2) is 0 Å². The molecule has 3 N–H and O–H groups in total. The fourth-order valence-corrected chi connectivity index (χ4v) is 2.52. The minimum Gasteiger partial charge on any atom is -0.383 e. The molecule has 1 unspecified atom stereocenters. The Hall–Kier alpha value is -1.36. The minimum absolute atomic E-state index is 0.0510. The van der Waals surface area contributed by atoms with Gasteiger partial charge in [-0.2, -0.15) is 0 Å². The molecular formula is C14H22N4O. The zero-order valence-electron chi connectivity index (χ0n) is 11.7. The van der Waals surface area contributed by atoms with Crippen LogP contribution in [0.5, 0.6) is 0 Å². The van der Waals surface area contributed by atoms with Gasteiger partial charge < -0.3 is 15.8 Å². The molecule has 3 rings (SSSR count). The van der Waals surface area contributed by atoms with Gasteiger partial charge in [0.1, 0.15) is 17.5 Å². The van der Waals surface area contributed by atoms with Gasteiger partial charge in [0, 0.05) is 18.1 Å². The molecule has 2 heterocycles. The predicted octanol–water partition coefficient (Wildman–Crippen LogP) is 2.23. The summed E-state index contributed by atoms with van der Waals surface area (Å²) in [6.45, 7) is 5.73. The van der Waals surface area contributed by atoms with Crippen molar-refractivity contribution in [1.82, 2.24) is 9.97 Å². The van der Waals surface area contributed by atoms with E-state index >= 15 is 0 Å². The predicted molar refractivity (Wildman–Crippen MR) is 75.2 cm³/mol. The zero-order chi connectivity index (χ0) is 13.5. The molecule has 2 aliphatic rings. The molecule has 0 aromatic carbocycles. The van der Waals surface area contributed by atoms with Gasteiger partial charge >= 0.3 is 0 Å². The fourth-order valence-electron chi connectivity index (χ4n) is 2.52. The van der Waals surface area contributed by atoms with Crippen molar-refractivity contribution in [3.8, 4) is 0 Å². The Morgan fingerprint density at radius 2 is 2.16 bits per heavy atom. The Kier molecular flexibility index (Phi) is 3.09. The molecule has 1 saturated carbocycles. The van der Waals surface area contributed by atoms with Gasteiger partial charge in [-0.05, 0) is 39.5 Å². The first-order chi connectivity index (χ1) is 9.07. The Bertz CT molecular complexity index is 479. The third-order valence-electron chi connectivity index (χ3n) is 4.00. The van der Waals surface area contributed by atoms with Crippen molar-refractivity contribution >= 4 is 11.6 Å². The van der Waals surface area contributed by atoms with Crippen LogP contribution >= 0.6 is 0 Å². The van der Waals surface area contributed by atoms with Crippen LogP contribution in [0.3, 0.4) is 0 Å². The van der Waals surface area contributed by atoms with E-state index in [1.165, 1.54) is 12.8 Å². The van der Waals surface area contributed by atoms with Crippen LogP contribution in [-0.2, 0) is 4.74 Å². The molecule has 1 atom stereocenters. The molecule has 1 saturated heterocycles. The van der Waals surface area contributed by atoms with Crippen LogP contribution in [-0.4, -0.2) is 28.7 Å². The number of anilines is 2. The first-order valence-corrected chi connectivity index (χ1v) is 7.07. The Balaban J connectivity index is 1.86. The first kappa shape index (κ1) is 12.7. The van der Waals surface area contributed by atoms with Crippen LogP contribution in [0.1, 0.15) is 49.9 Å². The van der Waals surface area contributed by atoms with Crippen LogP contribution in [0.25, 0.3) is 0 Å². The second-order valence-electron chi connectivity index (χ2n) is 6.06. The fraction of sp³-hybridized carbons (Fsp3) is 0.714. The summed E-state index contributed by atoms with van der Waals surface area (Å²) in [6, 6.07) is 0. The number of rotatable bonds is 3. The lowest BCUT2D eigenvalue weighted by Gasteiger charge is -2.35. The lowest BCUT2D eigenvalue weighted by atomic mass is 9.94. The van der Waals surface area contributed by atoms with Crippen LogP contribution in [0.2, 0.25) is 0 Å². The lowest BCUT2D eigenvalue weighted by Crippen LogP contribution is -2.43. The summed E-state index contributed by atoms with van der Waals surface area (Å²) in [7, 11) is 0. The van der Waals surface area contributed by atoms with E-state index in [4.69, 9.17) is 10.5 Å². The normalized spacial score (nSPS) is 27.3. The highest BCUT2D eigenvalue weighted by atomic mass is 16.5. The highest BCUT2D eigenvalue weighted by Crippen LogP contribution is 2.39. The molecule has 104 valence electrons. The van der Waals surface area contributed by atoms with Crippen LogP contribution in [0.4, 0.5) is 11.6 Å². The lowest BCUT2D eigenvalue weighted by molar-refractivity contribution is 0.0538. The summed E-state index contributed by atoms with van der Waals surface area (Å²) in [5.41, 5.74) is 6.90. The van der Waals surface area contributed by atoms with E-state index in [1.54, 1.807) is 0 Å². The third-order valence-corrected chi connectivity index (χ3v) is 4.00. The molecule has 1 aromatic heterocycles.